The van der Waals surface area contributed by atoms with Gasteiger partial charge in [0.15, 0.2) is 0 Å². The molecule has 0 atom stereocenters. The molecule has 11 aromatic rings. The number of fused-ring (bicyclic) bond motifs is 16. The van der Waals surface area contributed by atoms with Gasteiger partial charge in [-0.25, -0.2) is 0 Å². The van der Waals surface area contributed by atoms with Crippen molar-refractivity contribution < 1.29 is 0 Å². The molecule has 0 N–H and O–H groups in total. The van der Waals surface area contributed by atoms with Crippen molar-refractivity contribution in [3.63, 3.8) is 0 Å². The third kappa shape index (κ3) is 2.15. The van der Waals surface area contributed by atoms with E-state index in [1.54, 1.807) is 0 Å². The van der Waals surface area contributed by atoms with Gasteiger partial charge in [0.2, 0.25) is 0 Å². The molecule has 0 aliphatic rings. The van der Waals surface area contributed by atoms with Crippen molar-refractivity contribution in [1.82, 2.24) is 8.80 Å². The lowest BCUT2D eigenvalue weighted by Gasteiger charge is -2.12. The summed E-state index contributed by atoms with van der Waals surface area (Å²) in [5, 5.41) is 10.8. The fourth-order valence-electron chi connectivity index (χ4n) is 7.46. The second kappa shape index (κ2) is 6.73. The molecule has 0 aliphatic heterocycles. The van der Waals surface area contributed by atoms with Crippen molar-refractivity contribution in [3.05, 3.63) is 109 Å². The maximum Gasteiger partial charge on any atom is 0.0797 e. The molecular formula is C36H18N2S2. The minimum Gasteiger partial charge on any atom is -0.305 e. The quantitative estimate of drug-likeness (QED) is 0.169. The fourth-order valence-corrected chi connectivity index (χ4v) is 9.95. The smallest absolute Gasteiger partial charge is 0.0797 e. The van der Waals surface area contributed by atoms with E-state index in [0.29, 0.717) is 0 Å². The Morgan fingerprint density at radius 1 is 0.375 bits per heavy atom. The first-order valence-electron chi connectivity index (χ1n) is 13.6. The van der Waals surface area contributed by atoms with Gasteiger partial charge in [-0.1, -0.05) is 72.8 Å². The first kappa shape index (κ1) is 20.3. The standard InChI is InChI=1S/C36H18N2S2/c1-5-13-25-21(11-1)31-33-27(17-23-19-9-3-7-15-29(19)39-35(23)31)38-26-14-6-2-12-22(26)32-34(38)28(37(25)33)18-24-20-10-4-8-16-30(20)40-36(24)32/h1-18H. The zero-order valence-electron chi connectivity index (χ0n) is 21.1. The minimum atomic E-state index is 1.28. The van der Waals surface area contributed by atoms with Crippen molar-refractivity contribution in [1.29, 1.82) is 0 Å². The number of rotatable bonds is 0. The van der Waals surface area contributed by atoms with Gasteiger partial charge in [0.25, 0.3) is 0 Å². The number of benzene rings is 6. The molecule has 5 heterocycles. The third-order valence-electron chi connectivity index (χ3n) is 9.00. The van der Waals surface area contributed by atoms with Gasteiger partial charge in [-0.15, -0.1) is 22.7 Å². The Balaban J connectivity index is 1.58. The summed E-state index contributed by atoms with van der Waals surface area (Å²) in [6.45, 7) is 0. The molecule has 2 nitrogen and oxygen atoms in total. The van der Waals surface area contributed by atoms with Gasteiger partial charge in [-0.05, 0) is 36.4 Å². The second-order valence-electron chi connectivity index (χ2n) is 10.9. The highest BCUT2D eigenvalue weighted by Crippen LogP contribution is 2.50. The van der Waals surface area contributed by atoms with Gasteiger partial charge < -0.3 is 8.80 Å². The van der Waals surface area contributed by atoms with E-state index < -0.39 is 0 Å². The van der Waals surface area contributed by atoms with Crippen LogP contribution in [0.5, 0.6) is 0 Å². The Morgan fingerprint density at radius 2 is 0.775 bits per heavy atom. The van der Waals surface area contributed by atoms with Gasteiger partial charge in [0, 0.05) is 61.9 Å². The van der Waals surface area contributed by atoms with Crippen LogP contribution in [0.1, 0.15) is 0 Å². The molecule has 0 aliphatic carbocycles. The SMILES string of the molecule is c1ccc2c(c1)sc1c2cc2c3c1c1ccccc1n3c1cc3c4ccccc4sc3c3c4ccccc4n2c31. The van der Waals surface area contributed by atoms with Crippen LogP contribution in [0.3, 0.4) is 0 Å². The van der Waals surface area contributed by atoms with Gasteiger partial charge in [-0.2, -0.15) is 0 Å². The predicted octanol–water partition coefficient (Wildman–Crippen LogP) is 11.0. The highest BCUT2D eigenvalue weighted by Gasteiger charge is 2.25. The van der Waals surface area contributed by atoms with Crippen LogP contribution in [-0.2, 0) is 0 Å². The fraction of sp³-hybridized carbons (Fsp3) is 0. The summed E-state index contributed by atoms with van der Waals surface area (Å²) in [7, 11) is 0. The molecule has 4 heteroatoms. The molecule has 0 fully saturated rings. The molecule has 0 spiro atoms. The molecule has 0 bridgehead atoms. The average Bonchev–Trinajstić information content (AvgIpc) is 3.74. The minimum absolute atomic E-state index is 1.28. The molecule has 11 rings (SSSR count). The summed E-state index contributed by atoms with van der Waals surface area (Å²) < 4.78 is 10.6. The molecular weight excluding hydrogens is 525 g/mol. The zero-order valence-corrected chi connectivity index (χ0v) is 22.7. The van der Waals surface area contributed by atoms with Gasteiger partial charge >= 0.3 is 0 Å². The maximum atomic E-state index is 2.57. The zero-order chi connectivity index (χ0) is 25.7. The summed E-state index contributed by atoms with van der Waals surface area (Å²) in [5.74, 6) is 0. The molecule has 0 amide bonds. The van der Waals surface area contributed by atoms with Gasteiger partial charge in [0.1, 0.15) is 0 Å². The van der Waals surface area contributed by atoms with E-state index in [4.69, 9.17) is 0 Å². The van der Waals surface area contributed by atoms with Gasteiger partial charge in [-0.3, -0.25) is 0 Å². The second-order valence-corrected chi connectivity index (χ2v) is 13.0. The van der Waals surface area contributed by atoms with E-state index >= 15 is 0 Å². The Labute approximate surface area is 234 Å². The van der Waals surface area contributed by atoms with E-state index in [2.05, 4.69) is 118 Å². The van der Waals surface area contributed by atoms with Crippen molar-refractivity contribution in [3.8, 4) is 0 Å². The lowest BCUT2D eigenvalue weighted by Crippen LogP contribution is -1.97. The highest BCUT2D eigenvalue weighted by molar-refractivity contribution is 7.27. The Bertz CT molecular complexity index is 2670. The molecule has 0 unspecified atom stereocenters. The van der Waals surface area contributed by atoms with Crippen LogP contribution in [0, 0.1) is 0 Å². The summed E-state index contributed by atoms with van der Waals surface area (Å²) in [4.78, 5) is 0. The lowest BCUT2D eigenvalue weighted by atomic mass is 10.1. The molecule has 0 saturated heterocycles. The summed E-state index contributed by atoms with van der Waals surface area (Å²) in [6, 6.07) is 40.7. The number of hydrogen-bond donors (Lipinski definition) is 0. The number of aromatic nitrogens is 2. The molecule has 0 radical (unpaired) electrons. The maximum absolute atomic E-state index is 2.57. The Hall–Kier alpha value is -4.64. The Morgan fingerprint density at radius 3 is 1.25 bits per heavy atom. The van der Waals surface area contributed by atoms with Crippen LogP contribution >= 0.6 is 22.7 Å². The first-order chi connectivity index (χ1) is 19.9. The van der Waals surface area contributed by atoms with Crippen molar-refractivity contribution in [2.45, 2.75) is 0 Å². The summed E-state index contributed by atoms with van der Waals surface area (Å²) in [5.41, 5.74) is 7.74. The van der Waals surface area contributed by atoms with E-state index in [0.717, 1.165) is 0 Å². The largest absolute Gasteiger partial charge is 0.305 e. The van der Waals surface area contributed by atoms with Crippen LogP contribution in [0.15, 0.2) is 109 Å². The van der Waals surface area contributed by atoms with Crippen molar-refractivity contribution >= 4 is 118 Å². The number of nitrogens with zero attached hydrogens (tertiary/aromatic N) is 2. The number of thiophene rings is 2. The predicted molar refractivity (Wildman–Crippen MR) is 175 cm³/mol. The van der Waals surface area contributed by atoms with Crippen LogP contribution in [-0.4, -0.2) is 8.80 Å². The van der Waals surface area contributed by atoms with Crippen LogP contribution in [0.25, 0.3) is 95.0 Å². The van der Waals surface area contributed by atoms with Crippen LogP contribution in [0.2, 0.25) is 0 Å². The highest BCUT2D eigenvalue weighted by atomic mass is 32.1. The van der Waals surface area contributed by atoms with Crippen molar-refractivity contribution in [2.75, 3.05) is 0 Å². The van der Waals surface area contributed by atoms with E-state index in [9.17, 15) is 0 Å². The van der Waals surface area contributed by atoms with E-state index in [-0.39, 0.29) is 0 Å². The number of hydrogen-bond acceptors (Lipinski definition) is 2. The molecule has 40 heavy (non-hydrogen) atoms. The molecule has 184 valence electrons. The molecule has 0 saturated carbocycles. The van der Waals surface area contributed by atoms with Crippen LogP contribution < -0.4 is 0 Å². The summed E-state index contributed by atoms with van der Waals surface area (Å²) in [6.07, 6.45) is 0. The average molecular weight is 543 g/mol. The monoisotopic (exact) mass is 542 g/mol. The van der Waals surface area contributed by atoms with Gasteiger partial charge in [0.05, 0.1) is 33.1 Å². The number of para-hydroxylation sites is 2. The van der Waals surface area contributed by atoms with E-state index in [1.807, 2.05) is 22.7 Å². The topological polar surface area (TPSA) is 8.82 Å². The Kier molecular flexibility index (Phi) is 3.42. The van der Waals surface area contributed by atoms with Crippen molar-refractivity contribution in [2.24, 2.45) is 0 Å². The third-order valence-corrected chi connectivity index (χ3v) is 11.4. The van der Waals surface area contributed by atoms with E-state index in [1.165, 1.54) is 95.0 Å². The molecule has 5 aromatic heterocycles. The lowest BCUT2D eigenvalue weighted by molar-refractivity contribution is 1.26. The molecule has 6 aromatic carbocycles. The normalized spacial score (nSPS) is 13.0. The summed E-state index contributed by atoms with van der Waals surface area (Å²) >= 11 is 3.85. The van der Waals surface area contributed by atoms with Crippen LogP contribution in [0.4, 0.5) is 0 Å². The first-order valence-corrected chi connectivity index (χ1v) is 15.3.